The van der Waals surface area contributed by atoms with Gasteiger partial charge < -0.3 is 5.73 Å². The molecule has 0 saturated carbocycles. The molecule has 0 aromatic heterocycles. The van der Waals surface area contributed by atoms with E-state index in [-0.39, 0.29) is 5.54 Å². The first-order valence-corrected chi connectivity index (χ1v) is 13.4. The maximum atomic E-state index is 6.56. The SMILES string of the molecule is CCCCCCCCCCc1cccc(C(C)(C)N)c1CCCCCCCCCC. The first-order chi connectivity index (χ1) is 14.5. The van der Waals surface area contributed by atoms with Crippen LogP contribution in [0.2, 0.25) is 0 Å². The van der Waals surface area contributed by atoms with Crippen molar-refractivity contribution >= 4 is 0 Å². The lowest BCUT2D eigenvalue weighted by molar-refractivity contribution is 0.537. The molecular weight excluding hydrogens is 362 g/mol. The monoisotopic (exact) mass is 415 g/mol. The van der Waals surface area contributed by atoms with Crippen molar-refractivity contribution in [2.75, 3.05) is 0 Å². The highest BCUT2D eigenvalue weighted by atomic mass is 14.7. The fourth-order valence-electron chi connectivity index (χ4n) is 4.65. The zero-order valence-electron chi connectivity index (χ0n) is 21.0. The van der Waals surface area contributed by atoms with Gasteiger partial charge in [0, 0.05) is 5.54 Å². The van der Waals surface area contributed by atoms with Gasteiger partial charge in [0.25, 0.3) is 0 Å². The number of benzene rings is 1. The Bertz CT molecular complexity index is 526. The molecule has 174 valence electrons. The highest BCUT2D eigenvalue weighted by Gasteiger charge is 2.20. The summed E-state index contributed by atoms with van der Waals surface area (Å²) in [5.41, 5.74) is 10.8. The molecule has 0 radical (unpaired) electrons. The quantitative estimate of drug-likeness (QED) is 0.224. The maximum Gasteiger partial charge on any atom is 0.0355 e. The van der Waals surface area contributed by atoms with Crippen molar-refractivity contribution in [2.45, 2.75) is 149 Å². The molecule has 0 heterocycles. The van der Waals surface area contributed by atoms with Crippen molar-refractivity contribution < 1.29 is 0 Å². The fourth-order valence-corrected chi connectivity index (χ4v) is 4.65. The minimum absolute atomic E-state index is 0.245. The maximum absolute atomic E-state index is 6.56. The van der Waals surface area contributed by atoms with Crippen molar-refractivity contribution in [1.82, 2.24) is 0 Å². The van der Waals surface area contributed by atoms with Gasteiger partial charge in [0.2, 0.25) is 0 Å². The van der Waals surface area contributed by atoms with Crippen LogP contribution in [0.25, 0.3) is 0 Å². The molecule has 0 bridgehead atoms. The summed E-state index contributed by atoms with van der Waals surface area (Å²) < 4.78 is 0. The lowest BCUT2D eigenvalue weighted by Crippen LogP contribution is -2.30. The van der Waals surface area contributed by atoms with Crippen molar-refractivity contribution in [3.05, 3.63) is 34.9 Å². The average Bonchev–Trinajstić information content (AvgIpc) is 2.71. The molecule has 0 spiro atoms. The van der Waals surface area contributed by atoms with Crippen molar-refractivity contribution in [3.63, 3.8) is 0 Å². The largest absolute Gasteiger partial charge is 0.322 e. The molecule has 0 atom stereocenters. The summed E-state index contributed by atoms with van der Waals surface area (Å²) in [4.78, 5) is 0. The van der Waals surface area contributed by atoms with E-state index in [1.54, 1.807) is 11.1 Å². The molecular formula is C29H53N. The van der Waals surface area contributed by atoms with E-state index in [0.717, 1.165) is 0 Å². The normalized spacial score (nSPS) is 11.9. The third-order valence-electron chi connectivity index (χ3n) is 6.55. The molecule has 1 aromatic rings. The Hall–Kier alpha value is -0.820. The van der Waals surface area contributed by atoms with Crippen molar-refractivity contribution in [1.29, 1.82) is 0 Å². The number of nitrogens with two attached hydrogens (primary N) is 1. The Morgan fingerprint density at radius 1 is 0.600 bits per heavy atom. The van der Waals surface area contributed by atoms with Gasteiger partial charge in [0.1, 0.15) is 0 Å². The number of rotatable bonds is 19. The lowest BCUT2D eigenvalue weighted by Gasteiger charge is -2.25. The molecule has 0 aliphatic heterocycles. The summed E-state index contributed by atoms with van der Waals surface area (Å²) in [6, 6.07) is 6.88. The van der Waals surface area contributed by atoms with Crippen LogP contribution in [0, 0.1) is 0 Å². The summed E-state index contributed by atoms with van der Waals surface area (Å²) in [7, 11) is 0. The number of hydrogen-bond donors (Lipinski definition) is 1. The second-order valence-electron chi connectivity index (χ2n) is 10.1. The number of unbranched alkanes of at least 4 members (excludes halogenated alkanes) is 14. The van der Waals surface area contributed by atoms with Crippen molar-refractivity contribution in [2.24, 2.45) is 5.73 Å². The molecule has 0 aliphatic carbocycles. The number of hydrogen-bond acceptors (Lipinski definition) is 1. The van der Waals surface area contributed by atoms with Gasteiger partial charge in [-0.3, -0.25) is 0 Å². The zero-order chi connectivity index (χ0) is 22.1. The third-order valence-corrected chi connectivity index (χ3v) is 6.55. The standard InChI is InChI=1S/C29H53N/c1-5-7-9-11-13-15-17-19-22-26-23-21-25-28(29(3,4)30)27(26)24-20-18-16-14-12-10-8-6-2/h21,23,25H,5-20,22,24,30H2,1-4H3. The summed E-state index contributed by atoms with van der Waals surface area (Å²) in [5, 5.41) is 0. The minimum Gasteiger partial charge on any atom is -0.322 e. The fraction of sp³-hybridized carbons (Fsp3) is 0.793. The summed E-state index contributed by atoms with van der Waals surface area (Å²) in [6.07, 6.45) is 24.6. The van der Waals surface area contributed by atoms with Crippen LogP contribution >= 0.6 is 0 Å². The van der Waals surface area contributed by atoms with Gasteiger partial charge in [-0.05, 0) is 56.2 Å². The summed E-state index contributed by atoms with van der Waals surface area (Å²) >= 11 is 0. The molecule has 0 fully saturated rings. The summed E-state index contributed by atoms with van der Waals surface area (Å²) in [6.45, 7) is 8.92. The zero-order valence-corrected chi connectivity index (χ0v) is 21.0. The predicted molar refractivity (Wildman–Crippen MR) is 136 cm³/mol. The van der Waals surface area contributed by atoms with Crippen LogP contribution in [-0.4, -0.2) is 0 Å². The molecule has 0 amide bonds. The van der Waals surface area contributed by atoms with Gasteiger partial charge in [0.15, 0.2) is 0 Å². The smallest absolute Gasteiger partial charge is 0.0355 e. The van der Waals surface area contributed by atoms with Crippen LogP contribution in [0.5, 0.6) is 0 Å². The van der Waals surface area contributed by atoms with Gasteiger partial charge in [-0.2, -0.15) is 0 Å². The van der Waals surface area contributed by atoms with Gasteiger partial charge in [0.05, 0.1) is 0 Å². The first-order valence-electron chi connectivity index (χ1n) is 13.4. The number of aryl methyl sites for hydroxylation is 1. The Kier molecular flexibility index (Phi) is 15.3. The van der Waals surface area contributed by atoms with Crippen LogP contribution in [0.1, 0.15) is 147 Å². The van der Waals surface area contributed by atoms with E-state index < -0.39 is 0 Å². The van der Waals surface area contributed by atoms with E-state index >= 15 is 0 Å². The second kappa shape index (κ2) is 16.8. The molecule has 30 heavy (non-hydrogen) atoms. The van der Waals surface area contributed by atoms with Gasteiger partial charge in [-0.25, -0.2) is 0 Å². The Balaban J connectivity index is 2.48. The van der Waals surface area contributed by atoms with Crippen LogP contribution in [0.3, 0.4) is 0 Å². The highest BCUT2D eigenvalue weighted by molar-refractivity contribution is 5.39. The molecule has 0 saturated heterocycles. The molecule has 1 rings (SSSR count). The van der Waals surface area contributed by atoms with Crippen LogP contribution in [0.4, 0.5) is 0 Å². The van der Waals surface area contributed by atoms with Gasteiger partial charge in [-0.1, -0.05) is 122 Å². The van der Waals surface area contributed by atoms with Crippen molar-refractivity contribution in [3.8, 4) is 0 Å². The van der Waals surface area contributed by atoms with E-state index in [4.69, 9.17) is 5.73 Å². The predicted octanol–water partition coefficient (Wildman–Crippen LogP) is 9.25. The van der Waals surface area contributed by atoms with Gasteiger partial charge >= 0.3 is 0 Å². The van der Waals surface area contributed by atoms with Crippen LogP contribution in [0.15, 0.2) is 18.2 Å². The Morgan fingerprint density at radius 3 is 1.50 bits per heavy atom. The minimum atomic E-state index is -0.245. The topological polar surface area (TPSA) is 26.0 Å². The van der Waals surface area contributed by atoms with E-state index in [0.29, 0.717) is 0 Å². The second-order valence-corrected chi connectivity index (χ2v) is 10.1. The van der Waals surface area contributed by atoms with E-state index in [2.05, 4.69) is 45.9 Å². The van der Waals surface area contributed by atoms with E-state index in [1.807, 2.05) is 0 Å². The molecule has 0 unspecified atom stereocenters. The van der Waals surface area contributed by atoms with Crippen LogP contribution < -0.4 is 5.73 Å². The molecule has 1 aromatic carbocycles. The van der Waals surface area contributed by atoms with Gasteiger partial charge in [-0.15, -0.1) is 0 Å². The van der Waals surface area contributed by atoms with E-state index in [9.17, 15) is 0 Å². The molecule has 1 heteroatoms. The third kappa shape index (κ3) is 12.1. The Morgan fingerprint density at radius 2 is 1.03 bits per heavy atom. The van der Waals surface area contributed by atoms with E-state index in [1.165, 1.54) is 121 Å². The molecule has 0 aliphatic rings. The first kappa shape index (κ1) is 27.2. The highest BCUT2D eigenvalue weighted by Crippen LogP contribution is 2.27. The molecule has 1 nitrogen and oxygen atoms in total. The average molecular weight is 416 g/mol. The lowest BCUT2D eigenvalue weighted by atomic mass is 9.84. The van der Waals surface area contributed by atoms with Crippen LogP contribution in [-0.2, 0) is 18.4 Å². The summed E-state index contributed by atoms with van der Waals surface area (Å²) in [5.74, 6) is 0. The molecule has 2 N–H and O–H groups in total. The Labute approximate surface area is 189 Å².